The van der Waals surface area contributed by atoms with Crippen LogP contribution in [0.5, 0.6) is 0 Å². The molecule has 0 radical (unpaired) electrons. The van der Waals surface area contributed by atoms with Crippen molar-refractivity contribution in [2.75, 3.05) is 6.54 Å². The SMILES string of the molecule is [C-]#[N+]c1ccc(CC(=O)N2CCn3nc(-c4ccc(F)c(Cl)c4)c(C(=O)O)c3C2)cc1. The van der Waals surface area contributed by atoms with E-state index in [0.717, 1.165) is 11.6 Å². The highest BCUT2D eigenvalue weighted by Gasteiger charge is 2.30. The third kappa shape index (κ3) is 4.00. The summed E-state index contributed by atoms with van der Waals surface area (Å²) in [4.78, 5) is 29.7. The maximum Gasteiger partial charge on any atom is 0.339 e. The lowest BCUT2D eigenvalue weighted by molar-refractivity contribution is -0.132. The third-order valence-electron chi connectivity index (χ3n) is 5.16. The lowest BCUT2D eigenvalue weighted by atomic mass is 10.0. The Morgan fingerprint density at radius 1 is 1.19 bits per heavy atom. The van der Waals surface area contributed by atoms with Crippen molar-refractivity contribution >= 4 is 29.2 Å². The third-order valence-corrected chi connectivity index (χ3v) is 5.45. The largest absolute Gasteiger partial charge is 0.478 e. The zero-order valence-corrected chi connectivity index (χ0v) is 16.9. The lowest BCUT2D eigenvalue weighted by Gasteiger charge is -2.28. The number of amides is 1. The number of benzene rings is 2. The monoisotopic (exact) mass is 438 g/mol. The summed E-state index contributed by atoms with van der Waals surface area (Å²) in [6.07, 6.45) is 0.148. The number of carbonyl (C=O) groups is 2. The number of carboxylic acids is 1. The summed E-state index contributed by atoms with van der Waals surface area (Å²) in [6, 6.07) is 10.7. The molecule has 156 valence electrons. The molecule has 1 aliphatic rings. The van der Waals surface area contributed by atoms with Gasteiger partial charge in [-0.15, -0.1) is 0 Å². The molecule has 1 aromatic heterocycles. The molecular formula is C22H16ClFN4O3. The van der Waals surface area contributed by atoms with Crippen LogP contribution in [-0.2, 0) is 24.3 Å². The van der Waals surface area contributed by atoms with Crippen molar-refractivity contribution < 1.29 is 19.1 Å². The summed E-state index contributed by atoms with van der Waals surface area (Å²) in [5, 5.41) is 14.1. The Morgan fingerprint density at radius 3 is 2.58 bits per heavy atom. The van der Waals surface area contributed by atoms with E-state index in [0.29, 0.717) is 30.0 Å². The Hall–Kier alpha value is -3.70. The average molecular weight is 439 g/mol. The summed E-state index contributed by atoms with van der Waals surface area (Å²) in [5.41, 5.74) is 2.23. The van der Waals surface area contributed by atoms with Gasteiger partial charge in [-0.05, 0) is 23.8 Å². The quantitative estimate of drug-likeness (QED) is 0.620. The van der Waals surface area contributed by atoms with Gasteiger partial charge in [0, 0.05) is 12.1 Å². The molecule has 0 unspecified atom stereocenters. The Balaban J connectivity index is 1.61. The van der Waals surface area contributed by atoms with Crippen LogP contribution in [0.4, 0.5) is 10.1 Å². The molecule has 9 heteroatoms. The van der Waals surface area contributed by atoms with E-state index in [2.05, 4.69) is 9.94 Å². The van der Waals surface area contributed by atoms with Gasteiger partial charge in [0.1, 0.15) is 17.1 Å². The second-order valence-electron chi connectivity index (χ2n) is 7.10. The van der Waals surface area contributed by atoms with Gasteiger partial charge in [0.05, 0.1) is 36.8 Å². The first kappa shape index (κ1) is 20.6. The number of hydrogen-bond acceptors (Lipinski definition) is 3. The molecule has 0 aliphatic carbocycles. The molecule has 7 nitrogen and oxygen atoms in total. The number of halogens is 2. The van der Waals surface area contributed by atoms with Crippen molar-refractivity contribution in [3.05, 3.63) is 81.5 Å². The van der Waals surface area contributed by atoms with Gasteiger partial charge >= 0.3 is 5.97 Å². The number of carbonyl (C=O) groups excluding carboxylic acids is 1. The van der Waals surface area contributed by atoms with Crippen molar-refractivity contribution in [1.29, 1.82) is 0 Å². The molecule has 1 aliphatic heterocycles. The van der Waals surface area contributed by atoms with E-state index in [1.807, 2.05) is 0 Å². The summed E-state index contributed by atoms with van der Waals surface area (Å²) in [6.45, 7) is 7.82. The molecule has 0 bridgehead atoms. The van der Waals surface area contributed by atoms with Gasteiger partial charge in [-0.2, -0.15) is 5.10 Å². The van der Waals surface area contributed by atoms with Crippen molar-refractivity contribution in [3.63, 3.8) is 0 Å². The zero-order valence-electron chi connectivity index (χ0n) is 16.2. The van der Waals surface area contributed by atoms with E-state index in [4.69, 9.17) is 18.2 Å². The molecule has 0 spiro atoms. The van der Waals surface area contributed by atoms with Gasteiger partial charge in [0.25, 0.3) is 0 Å². The van der Waals surface area contributed by atoms with Gasteiger partial charge in [0.15, 0.2) is 5.69 Å². The first-order chi connectivity index (χ1) is 14.9. The maximum atomic E-state index is 13.5. The lowest BCUT2D eigenvalue weighted by Crippen LogP contribution is -2.39. The molecule has 1 amide bonds. The van der Waals surface area contributed by atoms with Gasteiger partial charge in [-0.1, -0.05) is 35.9 Å². The highest BCUT2D eigenvalue weighted by Crippen LogP contribution is 2.31. The Labute approximate surface area is 182 Å². The molecule has 1 N–H and O–H groups in total. The second-order valence-corrected chi connectivity index (χ2v) is 7.51. The number of aromatic carboxylic acids is 1. The molecule has 3 aromatic rings. The van der Waals surface area contributed by atoms with E-state index in [9.17, 15) is 19.1 Å². The number of rotatable bonds is 4. The number of aromatic nitrogens is 2. The topological polar surface area (TPSA) is 79.8 Å². The van der Waals surface area contributed by atoms with Gasteiger partial charge in [0.2, 0.25) is 5.91 Å². The first-order valence-electron chi connectivity index (χ1n) is 9.40. The Kier molecular flexibility index (Phi) is 5.44. The van der Waals surface area contributed by atoms with Gasteiger partial charge in [-0.25, -0.2) is 14.0 Å². The van der Waals surface area contributed by atoms with Gasteiger partial charge in [-0.3, -0.25) is 9.48 Å². The van der Waals surface area contributed by atoms with Crippen LogP contribution in [-0.4, -0.2) is 38.2 Å². The summed E-state index contributed by atoms with van der Waals surface area (Å²) < 4.78 is 15.1. The fourth-order valence-corrected chi connectivity index (χ4v) is 3.76. The van der Waals surface area contributed by atoms with Crippen LogP contribution in [0, 0.1) is 12.4 Å². The molecule has 0 saturated heterocycles. The fourth-order valence-electron chi connectivity index (χ4n) is 3.58. The predicted octanol–water partition coefficient (Wildman–Crippen LogP) is 4.18. The smallest absolute Gasteiger partial charge is 0.339 e. The summed E-state index contributed by atoms with van der Waals surface area (Å²) in [7, 11) is 0. The molecular weight excluding hydrogens is 423 g/mol. The zero-order chi connectivity index (χ0) is 22.1. The highest BCUT2D eigenvalue weighted by molar-refractivity contribution is 6.31. The number of carboxylic acid groups (broad SMARTS) is 1. The fraction of sp³-hybridized carbons (Fsp3) is 0.182. The molecule has 0 saturated carbocycles. The van der Waals surface area contributed by atoms with E-state index >= 15 is 0 Å². The van der Waals surface area contributed by atoms with Crippen molar-refractivity contribution in [3.8, 4) is 11.3 Å². The van der Waals surface area contributed by atoms with Crippen molar-refractivity contribution in [2.24, 2.45) is 0 Å². The standard InChI is InChI=1S/C22H16ClFN4O3/c1-25-15-5-2-13(3-6-15)10-19(29)27-8-9-28-18(12-27)20(22(30)31)21(26-28)14-4-7-17(24)16(23)11-14/h2-7,11H,8-10,12H2,(H,30,31). The van der Waals surface area contributed by atoms with E-state index < -0.39 is 11.8 Å². The highest BCUT2D eigenvalue weighted by atomic mass is 35.5. The van der Waals surface area contributed by atoms with Crippen LogP contribution in [0.25, 0.3) is 16.1 Å². The van der Waals surface area contributed by atoms with Gasteiger partial charge < -0.3 is 10.0 Å². The average Bonchev–Trinajstić information content (AvgIpc) is 3.15. The molecule has 0 atom stereocenters. The van der Waals surface area contributed by atoms with Crippen LogP contribution in [0.2, 0.25) is 5.02 Å². The minimum absolute atomic E-state index is 0.0263. The Morgan fingerprint density at radius 2 is 1.94 bits per heavy atom. The molecule has 4 rings (SSSR count). The molecule has 2 heterocycles. The van der Waals surface area contributed by atoms with E-state index in [1.54, 1.807) is 33.8 Å². The summed E-state index contributed by atoms with van der Waals surface area (Å²) >= 11 is 5.86. The molecule has 31 heavy (non-hydrogen) atoms. The van der Waals surface area contributed by atoms with E-state index in [1.165, 1.54) is 12.1 Å². The van der Waals surface area contributed by atoms with Crippen LogP contribution >= 0.6 is 11.6 Å². The molecule has 2 aromatic carbocycles. The predicted molar refractivity (Wildman–Crippen MR) is 111 cm³/mol. The molecule has 0 fully saturated rings. The summed E-state index contributed by atoms with van der Waals surface area (Å²) in [5.74, 6) is -1.93. The van der Waals surface area contributed by atoms with Crippen LogP contribution in [0.3, 0.4) is 0 Å². The minimum Gasteiger partial charge on any atom is -0.478 e. The maximum absolute atomic E-state index is 13.5. The van der Waals surface area contributed by atoms with Crippen LogP contribution < -0.4 is 0 Å². The first-order valence-corrected chi connectivity index (χ1v) is 9.77. The normalized spacial score (nSPS) is 12.9. The van der Waals surface area contributed by atoms with Crippen molar-refractivity contribution in [2.45, 2.75) is 19.5 Å². The second kappa shape index (κ2) is 8.20. The minimum atomic E-state index is -1.18. The number of fused-ring (bicyclic) bond motifs is 1. The van der Waals surface area contributed by atoms with Crippen LogP contribution in [0.15, 0.2) is 42.5 Å². The number of hydrogen-bond donors (Lipinski definition) is 1. The Bertz CT molecular complexity index is 1230. The van der Waals surface area contributed by atoms with Crippen LogP contribution in [0.1, 0.15) is 21.6 Å². The number of nitrogens with zero attached hydrogens (tertiary/aromatic N) is 4. The van der Waals surface area contributed by atoms with Crippen molar-refractivity contribution in [1.82, 2.24) is 14.7 Å². The van der Waals surface area contributed by atoms with E-state index in [-0.39, 0.29) is 35.2 Å².